The van der Waals surface area contributed by atoms with E-state index in [1.165, 1.54) is 89.9 Å². The van der Waals surface area contributed by atoms with E-state index in [4.69, 9.17) is 9.84 Å². The van der Waals surface area contributed by atoms with Crippen LogP contribution in [-0.4, -0.2) is 23.1 Å². The van der Waals surface area contributed by atoms with Crippen LogP contribution >= 0.6 is 0 Å². The van der Waals surface area contributed by atoms with Gasteiger partial charge < -0.3 is 9.84 Å². The quantitative estimate of drug-likeness (QED) is 0.0539. The van der Waals surface area contributed by atoms with Crippen molar-refractivity contribution in [3.05, 3.63) is 36.5 Å². The lowest BCUT2D eigenvalue weighted by molar-refractivity contribution is -0.147. The summed E-state index contributed by atoms with van der Waals surface area (Å²) in [5.41, 5.74) is 0. The highest BCUT2D eigenvalue weighted by Gasteiger charge is 2.11. The number of hydrogen-bond donors (Lipinski definition) is 1. The van der Waals surface area contributed by atoms with E-state index in [-0.39, 0.29) is 18.5 Å². The maximum atomic E-state index is 12.5. The Bertz CT molecular complexity index is 649. The molecule has 4 heteroatoms. The third-order valence-corrected chi connectivity index (χ3v) is 7.32. The Labute approximate surface area is 248 Å². The molecule has 232 valence electrons. The zero-order valence-electron chi connectivity index (χ0n) is 26.4. The summed E-state index contributed by atoms with van der Waals surface area (Å²) in [6, 6.07) is 0. The van der Waals surface area contributed by atoms with Gasteiger partial charge in [-0.1, -0.05) is 128 Å². The molecule has 0 amide bonds. The molecule has 1 unspecified atom stereocenters. The number of allylic oxidation sites excluding steroid dienone is 5. The highest BCUT2D eigenvalue weighted by Crippen LogP contribution is 2.14. The molecule has 0 aliphatic rings. The zero-order chi connectivity index (χ0) is 29.4. The van der Waals surface area contributed by atoms with E-state index in [9.17, 15) is 9.59 Å². The van der Waals surface area contributed by atoms with Gasteiger partial charge in [0.2, 0.25) is 0 Å². The Kier molecular flexibility index (Phi) is 30.2. The van der Waals surface area contributed by atoms with Gasteiger partial charge in [0.1, 0.15) is 6.10 Å². The molecule has 0 saturated heterocycles. The lowest BCUT2D eigenvalue weighted by atomic mass is 10.1. The minimum atomic E-state index is -0.729. The minimum absolute atomic E-state index is 0.0905. The van der Waals surface area contributed by atoms with Crippen molar-refractivity contribution in [2.75, 3.05) is 0 Å². The Hall–Kier alpha value is -1.84. The topological polar surface area (TPSA) is 63.6 Å². The van der Waals surface area contributed by atoms with Gasteiger partial charge in [0, 0.05) is 12.8 Å². The van der Waals surface area contributed by atoms with E-state index < -0.39 is 5.97 Å². The number of carbonyl (C=O) groups excluding carboxylic acids is 1. The lowest BCUT2D eigenvalue weighted by Crippen LogP contribution is -2.16. The fourth-order valence-corrected chi connectivity index (χ4v) is 4.76. The van der Waals surface area contributed by atoms with Crippen LogP contribution in [0.15, 0.2) is 36.5 Å². The van der Waals surface area contributed by atoms with Gasteiger partial charge in [0.15, 0.2) is 0 Å². The maximum absolute atomic E-state index is 12.5. The maximum Gasteiger partial charge on any atom is 0.306 e. The second-order valence-corrected chi connectivity index (χ2v) is 11.3. The molecule has 0 aromatic rings. The van der Waals surface area contributed by atoms with Crippen LogP contribution in [0.5, 0.6) is 0 Å². The van der Waals surface area contributed by atoms with Crippen molar-refractivity contribution in [3.63, 3.8) is 0 Å². The molecule has 0 aromatic carbocycles. The van der Waals surface area contributed by atoms with Crippen molar-refractivity contribution in [3.8, 4) is 0 Å². The van der Waals surface area contributed by atoms with Crippen LogP contribution in [0.1, 0.15) is 174 Å². The first-order valence-electron chi connectivity index (χ1n) is 17.0. The molecule has 0 aliphatic heterocycles. The summed E-state index contributed by atoms with van der Waals surface area (Å²) in [5, 5.41) is 8.78. The van der Waals surface area contributed by atoms with E-state index in [0.29, 0.717) is 12.8 Å². The fraction of sp³-hybridized carbons (Fsp3) is 0.778. The number of esters is 1. The zero-order valence-corrected chi connectivity index (χ0v) is 26.4. The summed E-state index contributed by atoms with van der Waals surface area (Å²) in [5.74, 6) is -0.819. The number of carboxylic acids is 1. The summed E-state index contributed by atoms with van der Waals surface area (Å²) in [7, 11) is 0. The molecule has 0 aromatic heterocycles. The standard InChI is InChI=1S/C36H64O4/c1-3-5-7-9-11-12-13-14-15-16-17-18-19-21-23-29-33-36(39)40-34(30-26-22-20-10-8-6-4-2)31-27-24-25-28-32-35(37)38/h10,15-16,20,26,30,34H,3-9,11-14,17-19,21-25,27-29,31-33H2,1-2H3,(H,37,38)/b16-15-,20-10-,30-26-. The monoisotopic (exact) mass is 560 g/mol. The number of carbonyl (C=O) groups is 2. The molecule has 0 heterocycles. The Balaban J connectivity index is 4.00. The van der Waals surface area contributed by atoms with Gasteiger partial charge in [-0.25, -0.2) is 0 Å². The second-order valence-electron chi connectivity index (χ2n) is 11.3. The first kappa shape index (κ1) is 38.2. The first-order chi connectivity index (χ1) is 19.6. The largest absolute Gasteiger partial charge is 0.481 e. The van der Waals surface area contributed by atoms with Gasteiger partial charge in [-0.2, -0.15) is 0 Å². The van der Waals surface area contributed by atoms with Crippen LogP contribution in [0.4, 0.5) is 0 Å². The van der Waals surface area contributed by atoms with Crippen molar-refractivity contribution in [2.45, 2.75) is 180 Å². The molecule has 0 aliphatic carbocycles. The van der Waals surface area contributed by atoms with E-state index >= 15 is 0 Å². The van der Waals surface area contributed by atoms with Gasteiger partial charge in [0.25, 0.3) is 0 Å². The lowest BCUT2D eigenvalue weighted by Gasteiger charge is -2.14. The van der Waals surface area contributed by atoms with E-state index in [2.05, 4.69) is 44.2 Å². The van der Waals surface area contributed by atoms with Crippen LogP contribution in [0.3, 0.4) is 0 Å². The number of aliphatic carboxylic acids is 1. The fourth-order valence-electron chi connectivity index (χ4n) is 4.76. The minimum Gasteiger partial charge on any atom is -0.481 e. The van der Waals surface area contributed by atoms with Gasteiger partial charge in [0.05, 0.1) is 0 Å². The Morgan fingerprint density at radius 1 is 0.575 bits per heavy atom. The van der Waals surface area contributed by atoms with Gasteiger partial charge >= 0.3 is 11.9 Å². The van der Waals surface area contributed by atoms with Gasteiger partial charge in [-0.15, -0.1) is 0 Å². The van der Waals surface area contributed by atoms with Crippen molar-refractivity contribution in [1.29, 1.82) is 0 Å². The van der Waals surface area contributed by atoms with Crippen LogP contribution in [0.2, 0.25) is 0 Å². The molecule has 1 atom stereocenters. The summed E-state index contributed by atoms with van der Waals surface area (Å²) in [6.45, 7) is 4.47. The molecular weight excluding hydrogens is 496 g/mol. The number of rotatable bonds is 30. The first-order valence-corrected chi connectivity index (χ1v) is 17.0. The third kappa shape index (κ3) is 30.7. The van der Waals surface area contributed by atoms with E-state index in [0.717, 1.165) is 51.4 Å². The molecule has 0 fully saturated rings. The average Bonchev–Trinajstić information content (AvgIpc) is 2.93. The molecule has 0 radical (unpaired) electrons. The number of ether oxygens (including phenoxy) is 1. The van der Waals surface area contributed by atoms with Gasteiger partial charge in [-0.3, -0.25) is 9.59 Å². The van der Waals surface area contributed by atoms with Crippen molar-refractivity contribution < 1.29 is 19.4 Å². The molecule has 4 nitrogen and oxygen atoms in total. The Morgan fingerprint density at radius 2 is 1.07 bits per heavy atom. The molecule has 0 bridgehead atoms. The highest BCUT2D eigenvalue weighted by atomic mass is 16.5. The van der Waals surface area contributed by atoms with Crippen LogP contribution < -0.4 is 0 Å². The summed E-state index contributed by atoms with van der Waals surface area (Å²) in [4.78, 5) is 23.1. The summed E-state index contributed by atoms with van der Waals surface area (Å²) >= 11 is 0. The second kappa shape index (κ2) is 31.7. The third-order valence-electron chi connectivity index (χ3n) is 7.32. The number of unbranched alkanes of at least 4 members (excludes halogenated alkanes) is 17. The van der Waals surface area contributed by atoms with Crippen molar-refractivity contribution in [1.82, 2.24) is 0 Å². The van der Waals surface area contributed by atoms with Gasteiger partial charge in [-0.05, 0) is 70.3 Å². The SMILES string of the molecule is CCCC/C=C\C/C=C\C(CCCCCCC(=O)O)OC(=O)CCCCCCC/C=C\CCCCCCCCC. The molecule has 0 saturated carbocycles. The average molecular weight is 561 g/mol. The number of carboxylic acid groups (broad SMARTS) is 1. The number of hydrogen-bond acceptors (Lipinski definition) is 3. The molecule has 0 rings (SSSR count). The van der Waals surface area contributed by atoms with E-state index in [1.54, 1.807) is 0 Å². The van der Waals surface area contributed by atoms with Crippen molar-refractivity contribution in [2.24, 2.45) is 0 Å². The molecule has 0 spiro atoms. The van der Waals surface area contributed by atoms with Crippen LogP contribution in [0.25, 0.3) is 0 Å². The van der Waals surface area contributed by atoms with Crippen LogP contribution in [0, 0.1) is 0 Å². The smallest absolute Gasteiger partial charge is 0.306 e. The molecular formula is C36H64O4. The molecule has 1 N–H and O–H groups in total. The summed E-state index contributed by atoms with van der Waals surface area (Å²) in [6.07, 6.45) is 40.3. The van der Waals surface area contributed by atoms with E-state index in [1.807, 2.05) is 6.08 Å². The van der Waals surface area contributed by atoms with Crippen LogP contribution in [-0.2, 0) is 14.3 Å². The Morgan fingerprint density at radius 3 is 1.70 bits per heavy atom. The highest BCUT2D eigenvalue weighted by molar-refractivity contribution is 5.69. The predicted octanol–water partition coefficient (Wildman–Crippen LogP) is 11.4. The summed E-state index contributed by atoms with van der Waals surface area (Å²) < 4.78 is 5.81. The predicted molar refractivity (Wildman–Crippen MR) is 172 cm³/mol. The molecule has 40 heavy (non-hydrogen) atoms. The normalized spacial score (nSPS) is 12.7. The van der Waals surface area contributed by atoms with Crippen molar-refractivity contribution >= 4 is 11.9 Å².